The Balaban J connectivity index is 2.13. The summed E-state index contributed by atoms with van der Waals surface area (Å²) in [6, 6.07) is 6.38. The third kappa shape index (κ3) is 2.82. The van der Waals surface area contributed by atoms with E-state index in [-0.39, 0.29) is 5.54 Å². The molecule has 0 atom stereocenters. The summed E-state index contributed by atoms with van der Waals surface area (Å²) in [4.78, 5) is 6.82. The smallest absolute Gasteiger partial charge is 0.183 e. The van der Waals surface area contributed by atoms with Crippen molar-refractivity contribution >= 4 is 26.7 Å². The first-order valence-electron chi connectivity index (χ1n) is 6.17. The average molecular weight is 263 g/mol. The second kappa shape index (κ2) is 4.86. The van der Waals surface area contributed by atoms with Crippen LogP contribution >= 0.6 is 11.3 Å². The van der Waals surface area contributed by atoms with Crippen LogP contribution in [0.4, 0.5) is 5.13 Å². The Hall–Kier alpha value is -1.13. The molecule has 0 saturated carbocycles. The molecule has 4 heteroatoms. The normalized spacial score (nSPS) is 12.3. The molecule has 1 heterocycles. The lowest BCUT2D eigenvalue weighted by Gasteiger charge is -2.32. The van der Waals surface area contributed by atoms with Crippen LogP contribution in [-0.2, 0) is 0 Å². The molecule has 2 rings (SSSR count). The highest BCUT2D eigenvalue weighted by atomic mass is 32.1. The van der Waals surface area contributed by atoms with Crippen molar-refractivity contribution in [1.82, 2.24) is 9.88 Å². The number of fused-ring (bicyclic) bond motifs is 1. The molecule has 0 bridgehead atoms. The quantitative estimate of drug-likeness (QED) is 0.917. The van der Waals surface area contributed by atoms with E-state index in [0.717, 1.165) is 17.2 Å². The molecule has 3 nitrogen and oxygen atoms in total. The highest BCUT2D eigenvalue weighted by molar-refractivity contribution is 7.22. The molecule has 1 N–H and O–H groups in total. The minimum atomic E-state index is 0.119. The van der Waals surface area contributed by atoms with Gasteiger partial charge >= 0.3 is 0 Å². The lowest BCUT2D eigenvalue weighted by molar-refractivity contribution is 0.210. The van der Waals surface area contributed by atoms with Crippen molar-refractivity contribution in [3.05, 3.63) is 23.8 Å². The summed E-state index contributed by atoms with van der Waals surface area (Å²) in [5.41, 5.74) is 2.48. The largest absolute Gasteiger partial charge is 0.360 e. The number of anilines is 1. The van der Waals surface area contributed by atoms with Crippen LogP contribution in [-0.4, -0.2) is 36.1 Å². The molecule has 0 radical (unpaired) electrons. The van der Waals surface area contributed by atoms with Crippen molar-refractivity contribution in [1.29, 1.82) is 0 Å². The molecule has 18 heavy (non-hydrogen) atoms. The summed E-state index contributed by atoms with van der Waals surface area (Å²) in [6.07, 6.45) is 0. The maximum Gasteiger partial charge on any atom is 0.183 e. The van der Waals surface area contributed by atoms with E-state index >= 15 is 0 Å². The first-order valence-corrected chi connectivity index (χ1v) is 6.99. The van der Waals surface area contributed by atoms with Crippen molar-refractivity contribution in [2.75, 3.05) is 26.0 Å². The number of rotatable bonds is 4. The molecule has 0 aliphatic heterocycles. The molecule has 0 saturated heterocycles. The van der Waals surface area contributed by atoms with E-state index < -0.39 is 0 Å². The summed E-state index contributed by atoms with van der Waals surface area (Å²) in [5.74, 6) is 0. The lowest BCUT2D eigenvalue weighted by Crippen LogP contribution is -2.44. The summed E-state index contributed by atoms with van der Waals surface area (Å²) in [5, 5.41) is 4.45. The van der Waals surface area contributed by atoms with Crippen molar-refractivity contribution in [3.63, 3.8) is 0 Å². The molecule has 98 valence electrons. The lowest BCUT2D eigenvalue weighted by atomic mass is 10.1. The van der Waals surface area contributed by atoms with E-state index in [1.54, 1.807) is 11.3 Å². The van der Waals surface area contributed by atoms with Gasteiger partial charge in [-0.25, -0.2) is 4.98 Å². The fourth-order valence-corrected chi connectivity index (χ4v) is 2.52. The molecular weight excluding hydrogens is 242 g/mol. The Bertz CT molecular complexity index is 543. The molecule has 0 spiro atoms. The van der Waals surface area contributed by atoms with E-state index in [1.807, 2.05) is 0 Å². The van der Waals surface area contributed by atoms with Crippen molar-refractivity contribution < 1.29 is 0 Å². The Morgan fingerprint density at radius 1 is 1.33 bits per heavy atom. The van der Waals surface area contributed by atoms with Gasteiger partial charge in [-0.05, 0) is 52.6 Å². The maximum absolute atomic E-state index is 4.61. The van der Waals surface area contributed by atoms with Gasteiger partial charge in [-0.3, -0.25) is 0 Å². The molecule has 0 fully saturated rings. The average Bonchev–Trinajstić information content (AvgIpc) is 2.68. The fraction of sp³-hybridized carbons (Fsp3) is 0.500. The molecule has 0 amide bonds. The van der Waals surface area contributed by atoms with Crippen molar-refractivity contribution in [3.8, 4) is 0 Å². The van der Waals surface area contributed by atoms with Crippen LogP contribution in [0.1, 0.15) is 19.4 Å². The van der Waals surface area contributed by atoms with E-state index in [2.05, 4.69) is 68.3 Å². The molecule has 0 aliphatic carbocycles. The predicted octanol–water partition coefficient (Wildman–Crippen LogP) is 3.36. The maximum atomic E-state index is 4.61. The zero-order valence-electron chi connectivity index (χ0n) is 11.7. The second-order valence-electron chi connectivity index (χ2n) is 5.55. The molecule has 1 aromatic heterocycles. The van der Waals surface area contributed by atoms with Gasteiger partial charge in [0.1, 0.15) is 0 Å². The number of benzene rings is 1. The molecular formula is C14H21N3S. The van der Waals surface area contributed by atoms with Crippen LogP contribution in [0.2, 0.25) is 0 Å². The highest BCUT2D eigenvalue weighted by Crippen LogP contribution is 2.27. The zero-order valence-corrected chi connectivity index (χ0v) is 12.6. The van der Waals surface area contributed by atoms with Crippen LogP contribution in [0.5, 0.6) is 0 Å². The minimum Gasteiger partial charge on any atom is -0.360 e. The Kier molecular flexibility index (Phi) is 3.59. The monoisotopic (exact) mass is 263 g/mol. The van der Waals surface area contributed by atoms with Crippen molar-refractivity contribution in [2.24, 2.45) is 0 Å². The van der Waals surface area contributed by atoms with Crippen LogP contribution in [0.3, 0.4) is 0 Å². The number of nitrogens with one attached hydrogen (secondary N) is 1. The summed E-state index contributed by atoms with van der Waals surface area (Å²) in [7, 11) is 4.20. The van der Waals surface area contributed by atoms with E-state index in [1.165, 1.54) is 10.3 Å². The standard InChI is InChI=1S/C14H21N3S/c1-10-6-7-11-12(8-10)18-13(16-11)15-9-14(2,3)17(4)5/h6-8H,9H2,1-5H3,(H,15,16). The van der Waals surface area contributed by atoms with E-state index in [0.29, 0.717) is 0 Å². The predicted molar refractivity (Wildman–Crippen MR) is 80.6 cm³/mol. The van der Waals surface area contributed by atoms with E-state index in [9.17, 15) is 0 Å². The summed E-state index contributed by atoms with van der Waals surface area (Å²) < 4.78 is 1.25. The first kappa shape index (κ1) is 13.3. The number of aromatic nitrogens is 1. The van der Waals surface area contributed by atoms with Gasteiger partial charge < -0.3 is 10.2 Å². The van der Waals surface area contributed by atoms with Gasteiger partial charge in [-0.15, -0.1) is 0 Å². The third-order valence-corrected chi connectivity index (χ3v) is 4.40. The summed E-state index contributed by atoms with van der Waals surface area (Å²) >= 11 is 1.72. The Labute approximate surface area is 113 Å². The zero-order chi connectivity index (χ0) is 13.3. The second-order valence-corrected chi connectivity index (χ2v) is 6.58. The van der Waals surface area contributed by atoms with Crippen molar-refractivity contribution in [2.45, 2.75) is 26.3 Å². The number of likely N-dealkylation sites (N-methyl/N-ethyl adjacent to an activating group) is 1. The van der Waals surface area contributed by atoms with Gasteiger partial charge in [0.05, 0.1) is 10.2 Å². The molecule has 2 aromatic rings. The summed E-state index contributed by atoms with van der Waals surface area (Å²) in [6.45, 7) is 7.44. The number of aryl methyl sites for hydroxylation is 1. The van der Waals surface area contributed by atoms with Gasteiger partial charge in [0.15, 0.2) is 5.13 Å². The van der Waals surface area contributed by atoms with Gasteiger partial charge in [0.2, 0.25) is 0 Å². The van der Waals surface area contributed by atoms with Gasteiger partial charge in [-0.1, -0.05) is 17.4 Å². The van der Waals surface area contributed by atoms with Gasteiger partial charge in [-0.2, -0.15) is 0 Å². The Morgan fingerprint density at radius 3 is 2.72 bits per heavy atom. The first-order chi connectivity index (χ1) is 8.38. The van der Waals surface area contributed by atoms with Crippen LogP contribution < -0.4 is 5.32 Å². The molecule has 0 unspecified atom stereocenters. The molecule has 1 aromatic carbocycles. The molecule has 0 aliphatic rings. The SMILES string of the molecule is Cc1ccc2nc(NCC(C)(C)N(C)C)sc2c1. The highest BCUT2D eigenvalue weighted by Gasteiger charge is 2.20. The van der Waals surface area contributed by atoms with Crippen LogP contribution in [0.15, 0.2) is 18.2 Å². The van der Waals surface area contributed by atoms with Crippen LogP contribution in [0, 0.1) is 6.92 Å². The van der Waals surface area contributed by atoms with Gasteiger partial charge in [0, 0.05) is 12.1 Å². The minimum absolute atomic E-state index is 0.119. The number of thiazole rings is 1. The van der Waals surface area contributed by atoms with E-state index in [4.69, 9.17) is 0 Å². The number of nitrogens with zero attached hydrogens (tertiary/aromatic N) is 2. The topological polar surface area (TPSA) is 28.2 Å². The van der Waals surface area contributed by atoms with Gasteiger partial charge in [0.25, 0.3) is 0 Å². The van der Waals surface area contributed by atoms with Crippen LogP contribution in [0.25, 0.3) is 10.2 Å². The Morgan fingerprint density at radius 2 is 2.06 bits per heavy atom. The number of hydrogen-bond donors (Lipinski definition) is 1. The third-order valence-electron chi connectivity index (χ3n) is 3.43. The fourth-order valence-electron chi connectivity index (χ4n) is 1.56. The number of hydrogen-bond acceptors (Lipinski definition) is 4.